The van der Waals surface area contributed by atoms with Crippen LogP contribution in [0, 0.1) is 6.92 Å². The Hall–Kier alpha value is -1.88. The van der Waals surface area contributed by atoms with E-state index in [2.05, 4.69) is 4.99 Å². The number of rotatable bonds is 1. The summed E-state index contributed by atoms with van der Waals surface area (Å²) in [6, 6.07) is 9.56. The Bertz CT molecular complexity index is 569. The Balaban J connectivity index is 2.65. The van der Waals surface area contributed by atoms with Crippen molar-refractivity contribution in [2.75, 3.05) is 0 Å². The van der Waals surface area contributed by atoms with Gasteiger partial charge in [-0.05, 0) is 19.1 Å². The smallest absolute Gasteiger partial charge is 0.433 e. The first-order chi connectivity index (χ1) is 7.68. The normalized spacial score (nSPS) is 11.7. The fourth-order valence-electron chi connectivity index (χ4n) is 1.44. The number of aromatic nitrogens is 1. The molecule has 0 saturated carbocycles. The third-order valence-corrected chi connectivity index (χ3v) is 3.03. The molecule has 1 aromatic heterocycles. The first kappa shape index (κ1) is 10.6. The third-order valence-electron chi connectivity index (χ3n) is 2.08. The van der Waals surface area contributed by atoms with E-state index in [0.29, 0.717) is 4.80 Å². The molecule has 1 heterocycles. The van der Waals surface area contributed by atoms with Crippen molar-refractivity contribution in [2.45, 2.75) is 6.92 Å². The van der Waals surface area contributed by atoms with E-state index in [1.54, 1.807) is 0 Å². The second-order valence-electron chi connectivity index (χ2n) is 3.22. The number of hydrogen-bond donors (Lipinski definition) is 1. The molecule has 0 radical (unpaired) electrons. The lowest BCUT2D eigenvalue weighted by Crippen LogP contribution is -2.15. The number of carbonyl (C=O) groups is 1. The van der Waals surface area contributed by atoms with Crippen molar-refractivity contribution >= 4 is 17.4 Å². The van der Waals surface area contributed by atoms with Gasteiger partial charge in [-0.2, -0.15) is 0 Å². The van der Waals surface area contributed by atoms with E-state index in [0.717, 1.165) is 11.4 Å². The molecular formula is C11H10N2O2S. The summed E-state index contributed by atoms with van der Waals surface area (Å²) in [5, 5.41) is 10.6. The average Bonchev–Trinajstić information content (AvgIpc) is 2.60. The molecule has 1 aromatic carbocycles. The Morgan fingerprint density at radius 1 is 1.38 bits per heavy atom. The molecule has 0 unspecified atom stereocenters. The Morgan fingerprint density at radius 2 is 2.06 bits per heavy atom. The van der Waals surface area contributed by atoms with Gasteiger partial charge in [-0.25, -0.2) is 4.79 Å². The zero-order valence-corrected chi connectivity index (χ0v) is 9.44. The van der Waals surface area contributed by atoms with Crippen LogP contribution < -0.4 is 4.80 Å². The van der Waals surface area contributed by atoms with Crippen molar-refractivity contribution in [2.24, 2.45) is 4.99 Å². The van der Waals surface area contributed by atoms with Crippen LogP contribution in [0.25, 0.3) is 5.69 Å². The minimum Gasteiger partial charge on any atom is -0.463 e. The zero-order chi connectivity index (χ0) is 11.5. The van der Waals surface area contributed by atoms with Crippen molar-refractivity contribution in [3.63, 3.8) is 0 Å². The number of benzene rings is 1. The van der Waals surface area contributed by atoms with Crippen molar-refractivity contribution in [3.8, 4) is 5.69 Å². The predicted octanol–water partition coefficient (Wildman–Crippen LogP) is 2.43. The van der Waals surface area contributed by atoms with Crippen LogP contribution in [0.2, 0.25) is 0 Å². The highest BCUT2D eigenvalue weighted by Gasteiger charge is 2.04. The standard InChI is InChI=1S/C11H10N2O2S/c1-8-7-16-10(12-11(14)15)13(8)9-5-3-2-4-6-9/h2-7H,1H3,(H,14,15). The number of nitrogens with zero attached hydrogens (tertiary/aromatic N) is 2. The first-order valence-corrected chi connectivity index (χ1v) is 5.56. The van der Waals surface area contributed by atoms with E-state index in [4.69, 9.17) is 5.11 Å². The van der Waals surface area contributed by atoms with E-state index >= 15 is 0 Å². The van der Waals surface area contributed by atoms with E-state index < -0.39 is 6.09 Å². The van der Waals surface area contributed by atoms with Crippen LogP contribution in [0.5, 0.6) is 0 Å². The predicted molar refractivity (Wildman–Crippen MR) is 62.0 cm³/mol. The second-order valence-corrected chi connectivity index (χ2v) is 4.06. The molecule has 2 rings (SSSR count). The molecule has 82 valence electrons. The van der Waals surface area contributed by atoms with Gasteiger partial charge in [0.1, 0.15) is 0 Å². The van der Waals surface area contributed by atoms with Crippen LogP contribution in [0.1, 0.15) is 5.69 Å². The molecule has 0 saturated heterocycles. The van der Waals surface area contributed by atoms with Crippen LogP contribution in [-0.4, -0.2) is 15.8 Å². The molecule has 16 heavy (non-hydrogen) atoms. The van der Waals surface area contributed by atoms with E-state index in [-0.39, 0.29) is 0 Å². The lowest BCUT2D eigenvalue weighted by molar-refractivity contribution is 0.204. The molecule has 0 aliphatic heterocycles. The lowest BCUT2D eigenvalue weighted by atomic mass is 10.3. The quantitative estimate of drug-likeness (QED) is 0.823. The number of amides is 1. The van der Waals surface area contributed by atoms with Gasteiger partial charge in [0.05, 0.1) is 0 Å². The molecule has 1 amide bonds. The van der Waals surface area contributed by atoms with Gasteiger partial charge in [0, 0.05) is 16.8 Å². The fourth-order valence-corrected chi connectivity index (χ4v) is 2.31. The lowest BCUT2D eigenvalue weighted by Gasteiger charge is -2.04. The highest BCUT2D eigenvalue weighted by molar-refractivity contribution is 7.07. The second kappa shape index (κ2) is 4.32. The molecule has 4 nitrogen and oxygen atoms in total. The third kappa shape index (κ3) is 2.04. The largest absolute Gasteiger partial charge is 0.463 e. The minimum atomic E-state index is -1.17. The van der Waals surface area contributed by atoms with E-state index in [1.165, 1.54) is 11.3 Å². The van der Waals surface area contributed by atoms with Crippen molar-refractivity contribution in [1.82, 2.24) is 4.57 Å². The number of thiazole rings is 1. The van der Waals surface area contributed by atoms with Crippen LogP contribution in [0.4, 0.5) is 4.79 Å². The Morgan fingerprint density at radius 3 is 2.69 bits per heavy atom. The van der Waals surface area contributed by atoms with Gasteiger partial charge in [0.15, 0.2) is 0 Å². The maximum absolute atomic E-state index is 10.6. The molecule has 1 N–H and O–H groups in total. The average molecular weight is 234 g/mol. The van der Waals surface area contributed by atoms with E-state index in [1.807, 2.05) is 47.2 Å². The maximum atomic E-state index is 10.6. The molecule has 0 bridgehead atoms. The van der Waals surface area contributed by atoms with Crippen molar-refractivity contribution < 1.29 is 9.90 Å². The molecule has 5 heteroatoms. The van der Waals surface area contributed by atoms with Gasteiger partial charge < -0.3 is 5.11 Å². The van der Waals surface area contributed by atoms with Crippen LogP contribution >= 0.6 is 11.3 Å². The SMILES string of the molecule is Cc1csc(=NC(=O)O)n1-c1ccccc1. The summed E-state index contributed by atoms with van der Waals surface area (Å²) in [6.45, 7) is 1.92. The highest BCUT2D eigenvalue weighted by Crippen LogP contribution is 2.09. The summed E-state index contributed by atoms with van der Waals surface area (Å²) in [7, 11) is 0. The summed E-state index contributed by atoms with van der Waals surface area (Å²) in [5.74, 6) is 0. The summed E-state index contributed by atoms with van der Waals surface area (Å²) in [6.07, 6.45) is -1.17. The summed E-state index contributed by atoms with van der Waals surface area (Å²) in [5.41, 5.74) is 1.89. The number of carboxylic acid groups (broad SMARTS) is 1. The van der Waals surface area contributed by atoms with Crippen LogP contribution in [0.3, 0.4) is 0 Å². The number of para-hydroxylation sites is 1. The minimum absolute atomic E-state index is 0.469. The number of aryl methyl sites for hydroxylation is 1. The Kier molecular flexibility index (Phi) is 2.87. The van der Waals surface area contributed by atoms with Crippen LogP contribution in [0.15, 0.2) is 40.7 Å². The highest BCUT2D eigenvalue weighted by atomic mass is 32.1. The summed E-state index contributed by atoms with van der Waals surface area (Å²) in [4.78, 5) is 14.6. The molecule has 0 fully saturated rings. The van der Waals surface area contributed by atoms with Gasteiger partial charge >= 0.3 is 6.09 Å². The molecule has 0 spiro atoms. The number of hydrogen-bond acceptors (Lipinski definition) is 2. The van der Waals surface area contributed by atoms with Gasteiger partial charge in [-0.3, -0.25) is 4.57 Å². The van der Waals surface area contributed by atoms with Gasteiger partial charge in [-0.1, -0.05) is 18.2 Å². The molecular weight excluding hydrogens is 224 g/mol. The van der Waals surface area contributed by atoms with Crippen LogP contribution in [-0.2, 0) is 0 Å². The molecule has 0 aliphatic carbocycles. The molecule has 2 aromatic rings. The van der Waals surface area contributed by atoms with E-state index in [9.17, 15) is 4.79 Å². The molecule has 0 atom stereocenters. The zero-order valence-electron chi connectivity index (χ0n) is 8.62. The maximum Gasteiger partial charge on any atom is 0.433 e. The summed E-state index contributed by atoms with van der Waals surface area (Å²) >= 11 is 1.31. The Labute approximate surface area is 96.1 Å². The summed E-state index contributed by atoms with van der Waals surface area (Å²) < 4.78 is 1.82. The topological polar surface area (TPSA) is 54.6 Å². The van der Waals surface area contributed by atoms with Gasteiger partial charge in [0.25, 0.3) is 0 Å². The van der Waals surface area contributed by atoms with Crippen molar-refractivity contribution in [1.29, 1.82) is 0 Å². The van der Waals surface area contributed by atoms with Gasteiger partial charge in [0.2, 0.25) is 4.80 Å². The molecule has 0 aliphatic rings. The van der Waals surface area contributed by atoms with Gasteiger partial charge in [-0.15, -0.1) is 16.3 Å². The first-order valence-electron chi connectivity index (χ1n) is 4.68. The fraction of sp³-hybridized carbons (Fsp3) is 0.0909. The van der Waals surface area contributed by atoms with Crippen molar-refractivity contribution in [3.05, 3.63) is 46.2 Å². The monoisotopic (exact) mass is 234 g/mol.